The zero-order valence-electron chi connectivity index (χ0n) is 11.3. The third-order valence-electron chi connectivity index (χ3n) is 3.25. The van der Waals surface area contributed by atoms with Crippen molar-refractivity contribution in [2.45, 2.75) is 23.1 Å². The van der Waals surface area contributed by atoms with Crippen LogP contribution in [0, 0.1) is 0 Å². The Balaban J connectivity index is 1.95. The van der Waals surface area contributed by atoms with Crippen LogP contribution in [-0.4, -0.2) is 52.7 Å². The number of thiophene rings is 1. The molecule has 1 aliphatic rings. The van der Waals surface area contributed by atoms with Crippen molar-refractivity contribution >= 4 is 33.0 Å². The molecule has 20 heavy (non-hydrogen) atoms. The van der Waals surface area contributed by atoms with Crippen LogP contribution in [0.3, 0.4) is 0 Å². The highest BCUT2D eigenvalue weighted by molar-refractivity contribution is 7.91. The highest BCUT2D eigenvalue weighted by atomic mass is 35.5. The molecule has 0 amide bonds. The van der Waals surface area contributed by atoms with Crippen molar-refractivity contribution in [2.75, 3.05) is 33.4 Å². The SMILES string of the molecule is COCCN1CCC[C@H](NS(=O)(=O)c2ccc(Cl)s2)C1. The van der Waals surface area contributed by atoms with Gasteiger partial charge < -0.3 is 4.74 Å². The number of likely N-dealkylation sites (tertiary alicyclic amines) is 1. The molecular formula is C12H19ClN2O3S2. The van der Waals surface area contributed by atoms with Gasteiger partial charge in [0.1, 0.15) is 4.21 Å². The third-order valence-corrected chi connectivity index (χ3v) is 6.50. The lowest BCUT2D eigenvalue weighted by molar-refractivity contribution is 0.126. The van der Waals surface area contributed by atoms with Crippen LogP contribution >= 0.6 is 22.9 Å². The Morgan fingerprint density at radius 2 is 2.35 bits per heavy atom. The second-order valence-electron chi connectivity index (χ2n) is 4.81. The van der Waals surface area contributed by atoms with E-state index in [9.17, 15) is 8.42 Å². The quantitative estimate of drug-likeness (QED) is 0.859. The zero-order chi connectivity index (χ0) is 14.6. The number of piperidine rings is 1. The fourth-order valence-corrected chi connectivity index (χ4v) is 5.06. The summed E-state index contributed by atoms with van der Waals surface area (Å²) in [5.74, 6) is 0. The Bertz CT molecular complexity index is 533. The van der Waals surface area contributed by atoms with Crippen LogP contribution in [0.1, 0.15) is 12.8 Å². The molecule has 0 aliphatic carbocycles. The summed E-state index contributed by atoms with van der Waals surface area (Å²) in [7, 11) is -1.79. The number of rotatable bonds is 6. The van der Waals surface area contributed by atoms with E-state index in [0.29, 0.717) is 10.9 Å². The summed E-state index contributed by atoms with van der Waals surface area (Å²) < 4.78 is 33.1. The van der Waals surface area contributed by atoms with E-state index in [1.54, 1.807) is 19.2 Å². The van der Waals surface area contributed by atoms with Crippen LogP contribution in [0.5, 0.6) is 0 Å². The maximum atomic E-state index is 12.2. The van der Waals surface area contributed by atoms with E-state index in [0.717, 1.165) is 43.8 Å². The molecule has 5 nitrogen and oxygen atoms in total. The molecule has 1 fully saturated rings. The molecule has 2 heterocycles. The summed E-state index contributed by atoms with van der Waals surface area (Å²) >= 11 is 6.87. The molecule has 1 aromatic heterocycles. The number of nitrogens with one attached hydrogen (secondary N) is 1. The summed E-state index contributed by atoms with van der Waals surface area (Å²) in [5.41, 5.74) is 0. The maximum absolute atomic E-state index is 12.2. The minimum Gasteiger partial charge on any atom is -0.383 e. The van der Waals surface area contributed by atoms with Gasteiger partial charge in [-0.15, -0.1) is 11.3 Å². The first-order valence-corrected chi connectivity index (χ1v) is 9.18. The molecule has 1 N–H and O–H groups in total. The first-order valence-electron chi connectivity index (χ1n) is 6.50. The fourth-order valence-electron chi connectivity index (χ4n) is 2.29. The molecule has 0 spiro atoms. The van der Waals surface area contributed by atoms with Gasteiger partial charge in [-0.3, -0.25) is 4.90 Å². The van der Waals surface area contributed by atoms with Crippen LogP contribution in [0.15, 0.2) is 16.3 Å². The van der Waals surface area contributed by atoms with Gasteiger partial charge in [0.05, 0.1) is 10.9 Å². The number of ether oxygens (including phenoxy) is 1. The van der Waals surface area contributed by atoms with Gasteiger partial charge in [-0.1, -0.05) is 11.6 Å². The lowest BCUT2D eigenvalue weighted by Gasteiger charge is -2.32. The molecule has 2 rings (SSSR count). The van der Waals surface area contributed by atoms with Gasteiger partial charge in [0.25, 0.3) is 0 Å². The van der Waals surface area contributed by atoms with Crippen molar-refractivity contribution in [3.8, 4) is 0 Å². The van der Waals surface area contributed by atoms with E-state index in [1.807, 2.05) is 0 Å². The molecule has 0 unspecified atom stereocenters. The van der Waals surface area contributed by atoms with Crippen LogP contribution < -0.4 is 4.72 Å². The van der Waals surface area contributed by atoms with Gasteiger partial charge in [-0.05, 0) is 31.5 Å². The number of sulfonamides is 1. The summed E-state index contributed by atoms with van der Waals surface area (Å²) in [4.78, 5) is 2.22. The topological polar surface area (TPSA) is 58.6 Å². The minimum absolute atomic E-state index is 0.0496. The summed E-state index contributed by atoms with van der Waals surface area (Å²) in [5, 5.41) is 0. The van der Waals surface area contributed by atoms with Crippen molar-refractivity contribution in [1.82, 2.24) is 9.62 Å². The van der Waals surface area contributed by atoms with E-state index < -0.39 is 10.0 Å². The molecule has 0 saturated carbocycles. The molecule has 1 aromatic rings. The molecule has 1 atom stereocenters. The average molecular weight is 339 g/mol. The van der Waals surface area contributed by atoms with E-state index in [4.69, 9.17) is 16.3 Å². The van der Waals surface area contributed by atoms with E-state index in [-0.39, 0.29) is 10.3 Å². The van der Waals surface area contributed by atoms with Gasteiger partial charge in [0.2, 0.25) is 10.0 Å². The van der Waals surface area contributed by atoms with Gasteiger partial charge >= 0.3 is 0 Å². The second-order valence-corrected chi connectivity index (χ2v) is 8.47. The highest BCUT2D eigenvalue weighted by Gasteiger charge is 2.25. The Labute approximate surface area is 128 Å². The monoisotopic (exact) mass is 338 g/mol. The smallest absolute Gasteiger partial charge is 0.250 e. The predicted molar refractivity (Wildman–Crippen MR) is 81.0 cm³/mol. The van der Waals surface area contributed by atoms with Gasteiger partial charge in [0.15, 0.2) is 0 Å². The summed E-state index contributed by atoms with van der Waals surface area (Å²) in [6.45, 7) is 3.22. The van der Waals surface area contributed by atoms with Crippen LogP contribution in [-0.2, 0) is 14.8 Å². The van der Waals surface area contributed by atoms with Crippen molar-refractivity contribution in [3.05, 3.63) is 16.5 Å². The van der Waals surface area contributed by atoms with Crippen molar-refractivity contribution < 1.29 is 13.2 Å². The third kappa shape index (κ3) is 4.41. The van der Waals surface area contributed by atoms with Crippen LogP contribution in [0.25, 0.3) is 0 Å². The average Bonchev–Trinajstić information content (AvgIpc) is 2.84. The van der Waals surface area contributed by atoms with Crippen molar-refractivity contribution in [3.63, 3.8) is 0 Å². The molecule has 0 bridgehead atoms. The molecule has 8 heteroatoms. The second kappa shape index (κ2) is 7.20. The van der Waals surface area contributed by atoms with Gasteiger partial charge in [-0.2, -0.15) is 0 Å². The Morgan fingerprint density at radius 3 is 3.00 bits per heavy atom. The highest BCUT2D eigenvalue weighted by Crippen LogP contribution is 2.26. The summed E-state index contributed by atoms with van der Waals surface area (Å²) in [6, 6.07) is 3.10. The lowest BCUT2D eigenvalue weighted by atomic mass is 10.1. The van der Waals surface area contributed by atoms with E-state index >= 15 is 0 Å². The fraction of sp³-hybridized carbons (Fsp3) is 0.667. The van der Waals surface area contributed by atoms with Crippen molar-refractivity contribution in [2.24, 2.45) is 0 Å². The number of hydrogen-bond acceptors (Lipinski definition) is 5. The minimum atomic E-state index is -3.46. The Morgan fingerprint density at radius 1 is 1.55 bits per heavy atom. The Hall–Kier alpha value is -0.180. The van der Waals surface area contributed by atoms with Crippen LogP contribution in [0.2, 0.25) is 4.34 Å². The first-order chi connectivity index (χ1) is 9.51. The van der Waals surface area contributed by atoms with E-state index in [2.05, 4.69) is 9.62 Å². The van der Waals surface area contributed by atoms with Gasteiger partial charge in [-0.25, -0.2) is 13.1 Å². The Kier molecular flexibility index (Phi) is 5.83. The predicted octanol–water partition coefficient (Wildman–Crippen LogP) is 1.79. The number of hydrogen-bond donors (Lipinski definition) is 1. The normalized spacial score (nSPS) is 21.2. The molecule has 114 valence electrons. The molecular weight excluding hydrogens is 320 g/mol. The van der Waals surface area contributed by atoms with Gasteiger partial charge in [0, 0.05) is 26.2 Å². The van der Waals surface area contributed by atoms with Crippen molar-refractivity contribution in [1.29, 1.82) is 0 Å². The molecule has 1 aliphatic heterocycles. The van der Waals surface area contributed by atoms with Crippen LogP contribution in [0.4, 0.5) is 0 Å². The molecule has 0 radical (unpaired) electrons. The summed E-state index contributed by atoms with van der Waals surface area (Å²) in [6.07, 6.45) is 1.85. The molecule has 0 aromatic carbocycles. The maximum Gasteiger partial charge on any atom is 0.250 e. The standard InChI is InChI=1S/C12H19ClN2O3S2/c1-18-8-7-15-6-2-3-10(9-15)14-20(16,17)12-5-4-11(13)19-12/h4-5,10,14H,2-3,6-9H2,1H3/t10-/m0/s1. The lowest BCUT2D eigenvalue weighted by Crippen LogP contribution is -2.48. The number of methoxy groups -OCH3 is 1. The van der Waals surface area contributed by atoms with E-state index in [1.165, 1.54) is 0 Å². The zero-order valence-corrected chi connectivity index (χ0v) is 13.7. The number of nitrogens with zero attached hydrogens (tertiary/aromatic N) is 1. The number of halogens is 1. The first kappa shape index (κ1) is 16.2. The largest absolute Gasteiger partial charge is 0.383 e. The molecule has 1 saturated heterocycles.